The maximum atomic E-state index is 12.3. The first kappa shape index (κ1) is 15.0. The second kappa shape index (κ2) is 6.39. The molecular formula is C15H21NO3S. The third kappa shape index (κ3) is 3.20. The van der Waals surface area contributed by atoms with E-state index in [2.05, 4.69) is 5.32 Å². The molecule has 0 aromatic carbocycles. The molecule has 1 aliphatic rings. The van der Waals surface area contributed by atoms with Gasteiger partial charge in [0.2, 0.25) is 0 Å². The van der Waals surface area contributed by atoms with Gasteiger partial charge in [-0.05, 0) is 38.8 Å². The Morgan fingerprint density at radius 1 is 1.30 bits per heavy atom. The molecule has 1 saturated carbocycles. The van der Waals surface area contributed by atoms with E-state index in [0.717, 1.165) is 24.1 Å². The van der Waals surface area contributed by atoms with Gasteiger partial charge in [-0.2, -0.15) is 0 Å². The zero-order chi connectivity index (χ0) is 14.6. The van der Waals surface area contributed by atoms with Gasteiger partial charge in [-0.1, -0.05) is 19.3 Å². The number of nitrogens with one attached hydrogen (secondary N) is 1. The first-order valence-corrected chi connectivity index (χ1v) is 7.95. The van der Waals surface area contributed by atoms with Crippen molar-refractivity contribution in [3.05, 3.63) is 21.9 Å². The fourth-order valence-electron chi connectivity index (χ4n) is 2.64. The molecule has 1 fully saturated rings. The smallest absolute Gasteiger partial charge is 0.331 e. The summed E-state index contributed by atoms with van der Waals surface area (Å²) >= 11 is 1.44. The fraction of sp³-hybridized carbons (Fsp3) is 0.600. The summed E-state index contributed by atoms with van der Waals surface area (Å²) in [6.45, 7) is 4.09. The van der Waals surface area contributed by atoms with Gasteiger partial charge >= 0.3 is 5.97 Å². The van der Waals surface area contributed by atoms with Crippen LogP contribution in [-0.2, 0) is 9.53 Å². The van der Waals surface area contributed by atoms with E-state index in [-0.39, 0.29) is 11.9 Å². The van der Waals surface area contributed by atoms with Crippen molar-refractivity contribution < 1.29 is 14.3 Å². The van der Waals surface area contributed by atoms with Crippen LogP contribution in [0.4, 0.5) is 0 Å². The SMILES string of the molecule is CCOC(=O)C1(NC(=O)c2ccc(C)s2)CCCCC1. The van der Waals surface area contributed by atoms with E-state index in [1.807, 2.05) is 13.0 Å². The lowest BCUT2D eigenvalue weighted by atomic mass is 9.81. The van der Waals surface area contributed by atoms with Gasteiger partial charge in [-0.3, -0.25) is 4.79 Å². The molecule has 0 unspecified atom stereocenters. The summed E-state index contributed by atoms with van der Waals surface area (Å²) in [5.41, 5.74) is -0.830. The van der Waals surface area contributed by atoms with Gasteiger partial charge in [0.1, 0.15) is 5.54 Å². The van der Waals surface area contributed by atoms with Crippen molar-refractivity contribution in [1.29, 1.82) is 0 Å². The number of aryl methyl sites for hydroxylation is 1. The van der Waals surface area contributed by atoms with Crippen molar-refractivity contribution in [1.82, 2.24) is 5.32 Å². The number of rotatable bonds is 4. The third-order valence-electron chi connectivity index (χ3n) is 3.69. The summed E-state index contributed by atoms with van der Waals surface area (Å²) in [6, 6.07) is 3.72. The predicted octanol–water partition coefficient (Wildman–Crippen LogP) is 3.05. The monoisotopic (exact) mass is 295 g/mol. The quantitative estimate of drug-likeness (QED) is 0.869. The Hall–Kier alpha value is -1.36. The first-order chi connectivity index (χ1) is 9.57. The molecule has 110 valence electrons. The average molecular weight is 295 g/mol. The van der Waals surface area contributed by atoms with E-state index >= 15 is 0 Å². The number of carbonyl (C=O) groups excluding carboxylic acids is 2. The summed E-state index contributed by atoms with van der Waals surface area (Å²) in [4.78, 5) is 26.3. The highest BCUT2D eigenvalue weighted by atomic mass is 32.1. The first-order valence-electron chi connectivity index (χ1n) is 7.13. The number of thiophene rings is 1. The fourth-order valence-corrected chi connectivity index (χ4v) is 3.40. The lowest BCUT2D eigenvalue weighted by molar-refractivity contribution is -0.152. The van der Waals surface area contributed by atoms with Crippen LogP contribution >= 0.6 is 11.3 Å². The normalized spacial score (nSPS) is 17.5. The molecule has 4 nitrogen and oxygen atoms in total. The van der Waals surface area contributed by atoms with Crippen molar-refractivity contribution in [2.24, 2.45) is 0 Å². The van der Waals surface area contributed by atoms with Crippen LogP contribution in [0.3, 0.4) is 0 Å². The second-order valence-electron chi connectivity index (χ2n) is 5.23. The van der Waals surface area contributed by atoms with Crippen molar-refractivity contribution in [3.8, 4) is 0 Å². The Morgan fingerprint density at radius 2 is 2.00 bits per heavy atom. The molecule has 1 heterocycles. The minimum Gasteiger partial charge on any atom is -0.464 e. The van der Waals surface area contributed by atoms with Crippen molar-refractivity contribution in [2.75, 3.05) is 6.61 Å². The van der Waals surface area contributed by atoms with Gasteiger partial charge < -0.3 is 10.1 Å². The topological polar surface area (TPSA) is 55.4 Å². The lowest BCUT2D eigenvalue weighted by Gasteiger charge is -2.35. The predicted molar refractivity (Wildman–Crippen MR) is 79.0 cm³/mol. The zero-order valence-electron chi connectivity index (χ0n) is 12.0. The van der Waals surface area contributed by atoms with Crippen LogP contribution in [0, 0.1) is 6.92 Å². The molecular weight excluding hydrogens is 274 g/mol. The average Bonchev–Trinajstić information content (AvgIpc) is 2.87. The largest absolute Gasteiger partial charge is 0.464 e. The van der Waals surface area contributed by atoms with Crippen molar-refractivity contribution in [3.63, 3.8) is 0 Å². The Kier molecular flexibility index (Phi) is 4.81. The van der Waals surface area contributed by atoms with E-state index in [4.69, 9.17) is 4.74 Å². The molecule has 0 radical (unpaired) electrons. The summed E-state index contributed by atoms with van der Waals surface area (Å²) in [6.07, 6.45) is 4.34. The highest BCUT2D eigenvalue weighted by molar-refractivity contribution is 7.13. The minimum absolute atomic E-state index is 0.168. The van der Waals surface area contributed by atoms with Crippen molar-refractivity contribution >= 4 is 23.2 Å². The molecule has 0 aliphatic heterocycles. The van der Waals surface area contributed by atoms with E-state index in [1.54, 1.807) is 13.0 Å². The van der Waals surface area contributed by atoms with Gasteiger partial charge in [0, 0.05) is 4.88 Å². The van der Waals surface area contributed by atoms with Gasteiger partial charge in [0.15, 0.2) is 0 Å². The number of amides is 1. The van der Waals surface area contributed by atoms with E-state index in [1.165, 1.54) is 11.3 Å². The number of hydrogen-bond acceptors (Lipinski definition) is 4. The molecule has 0 bridgehead atoms. The summed E-state index contributed by atoms with van der Waals surface area (Å²) < 4.78 is 5.18. The highest BCUT2D eigenvalue weighted by Crippen LogP contribution is 2.30. The molecule has 1 aliphatic carbocycles. The number of carbonyl (C=O) groups is 2. The van der Waals surface area contributed by atoms with E-state index in [9.17, 15) is 9.59 Å². The lowest BCUT2D eigenvalue weighted by Crippen LogP contribution is -2.56. The van der Waals surface area contributed by atoms with Crippen LogP contribution in [0.25, 0.3) is 0 Å². The number of esters is 1. The Balaban J connectivity index is 2.15. The zero-order valence-corrected chi connectivity index (χ0v) is 12.8. The summed E-state index contributed by atoms with van der Waals surface area (Å²) in [7, 11) is 0. The van der Waals surface area contributed by atoms with Gasteiger partial charge in [0.05, 0.1) is 11.5 Å². The van der Waals surface area contributed by atoms with Crippen LogP contribution in [0.2, 0.25) is 0 Å². The summed E-state index contributed by atoms with van der Waals surface area (Å²) in [5, 5.41) is 2.94. The Bertz CT molecular complexity index is 489. The van der Waals surface area contributed by atoms with Gasteiger partial charge in [-0.15, -0.1) is 11.3 Å². The Morgan fingerprint density at radius 3 is 2.55 bits per heavy atom. The molecule has 2 rings (SSSR count). The molecule has 1 amide bonds. The van der Waals surface area contributed by atoms with Crippen molar-refractivity contribution in [2.45, 2.75) is 51.5 Å². The maximum absolute atomic E-state index is 12.3. The molecule has 0 atom stereocenters. The molecule has 1 N–H and O–H groups in total. The van der Waals surface area contributed by atoms with Crippen LogP contribution in [0.15, 0.2) is 12.1 Å². The molecule has 20 heavy (non-hydrogen) atoms. The molecule has 0 spiro atoms. The molecule has 1 aromatic heterocycles. The molecule has 0 saturated heterocycles. The maximum Gasteiger partial charge on any atom is 0.331 e. The van der Waals surface area contributed by atoms with Gasteiger partial charge in [0.25, 0.3) is 5.91 Å². The number of hydrogen-bond donors (Lipinski definition) is 1. The summed E-state index contributed by atoms with van der Waals surface area (Å²) in [5.74, 6) is -0.459. The standard InChI is InChI=1S/C15H21NO3S/c1-3-19-14(18)15(9-5-4-6-10-15)16-13(17)12-8-7-11(2)20-12/h7-8H,3-6,9-10H2,1-2H3,(H,16,17). The van der Waals surface area contributed by atoms with Crippen LogP contribution in [0.5, 0.6) is 0 Å². The van der Waals surface area contributed by atoms with Gasteiger partial charge in [-0.25, -0.2) is 4.79 Å². The van der Waals surface area contributed by atoms with Crippen LogP contribution < -0.4 is 5.32 Å². The minimum atomic E-state index is -0.830. The van der Waals surface area contributed by atoms with E-state index in [0.29, 0.717) is 24.3 Å². The highest BCUT2D eigenvalue weighted by Gasteiger charge is 2.42. The second-order valence-corrected chi connectivity index (χ2v) is 6.52. The molecule has 1 aromatic rings. The van der Waals surface area contributed by atoms with E-state index < -0.39 is 5.54 Å². The number of ether oxygens (including phenoxy) is 1. The Labute approximate surface area is 123 Å². The van der Waals surface area contributed by atoms with Crippen LogP contribution in [-0.4, -0.2) is 24.0 Å². The van der Waals surface area contributed by atoms with Crippen LogP contribution in [0.1, 0.15) is 53.6 Å². The molecule has 5 heteroatoms. The third-order valence-corrected chi connectivity index (χ3v) is 4.69.